The predicted molar refractivity (Wildman–Crippen MR) is 77.1 cm³/mol. The van der Waals surface area contributed by atoms with Crippen LogP contribution in [0.5, 0.6) is 17.6 Å². The fourth-order valence-corrected chi connectivity index (χ4v) is 1.71. The summed E-state index contributed by atoms with van der Waals surface area (Å²) in [5, 5.41) is 3.10. The van der Waals surface area contributed by atoms with E-state index in [4.69, 9.17) is 9.47 Å². The van der Waals surface area contributed by atoms with E-state index in [0.29, 0.717) is 11.6 Å². The van der Waals surface area contributed by atoms with Crippen molar-refractivity contribution in [2.45, 2.75) is 26.5 Å². The minimum absolute atomic E-state index is 0.0664. The molecule has 0 unspecified atom stereocenters. The molecule has 0 fully saturated rings. The summed E-state index contributed by atoms with van der Waals surface area (Å²) in [7, 11) is 1.91. The van der Waals surface area contributed by atoms with E-state index >= 15 is 0 Å². The van der Waals surface area contributed by atoms with Crippen molar-refractivity contribution in [3.8, 4) is 17.6 Å². The zero-order valence-electron chi connectivity index (χ0n) is 12.0. The highest BCUT2D eigenvalue weighted by Crippen LogP contribution is 2.20. The minimum Gasteiger partial charge on any atom is -0.475 e. The molecule has 0 amide bonds. The van der Waals surface area contributed by atoms with Gasteiger partial charge in [0.25, 0.3) is 0 Å². The number of ether oxygens (including phenoxy) is 2. The van der Waals surface area contributed by atoms with E-state index in [1.165, 1.54) is 0 Å². The maximum absolute atomic E-state index is 5.66. The third-order valence-corrected chi connectivity index (χ3v) is 2.45. The zero-order valence-corrected chi connectivity index (χ0v) is 12.0. The van der Waals surface area contributed by atoms with Gasteiger partial charge >= 0.3 is 6.01 Å². The molecular weight excluding hydrogens is 254 g/mol. The van der Waals surface area contributed by atoms with Crippen LogP contribution in [0.4, 0.5) is 0 Å². The highest BCUT2D eigenvalue weighted by atomic mass is 16.5. The van der Waals surface area contributed by atoms with Crippen molar-refractivity contribution in [1.29, 1.82) is 0 Å². The van der Waals surface area contributed by atoms with E-state index in [1.807, 2.05) is 45.2 Å². The quantitative estimate of drug-likeness (QED) is 0.877. The molecule has 0 aliphatic heterocycles. The second-order valence-electron chi connectivity index (χ2n) is 4.62. The van der Waals surface area contributed by atoms with Crippen LogP contribution in [0.15, 0.2) is 36.5 Å². The lowest BCUT2D eigenvalue weighted by Gasteiger charge is -2.10. The van der Waals surface area contributed by atoms with Gasteiger partial charge in [-0.25, -0.2) is 4.98 Å². The van der Waals surface area contributed by atoms with Gasteiger partial charge < -0.3 is 14.8 Å². The summed E-state index contributed by atoms with van der Waals surface area (Å²) in [6.07, 6.45) is 1.69. The topological polar surface area (TPSA) is 56.3 Å². The van der Waals surface area contributed by atoms with E-state index < -0.39 is 0 Å². The lowest BCUT2D eigenvalue weighted by molar-refractivity contribution is 0.229. The largest absolute Gasteiger partial charge is 0.475 e. The van der Waals surface area contributed by atoms with Crippen molar-refractivity contribution >= 4 is 0 Å². The van der Waals surface area contributed by atoms with E-state index in [2.05, 4.69) is 15.3 Å². The normalized spacial score (nSPS) is 10.6. The molecule has 5 nitrogen and oxygen atoms in total. The first-order valence-corrected chi connectivity index (χ1v) is 6.58. The lowest BCUT2D eigenvalue weighted by atomic mass is 10.2. The third kappa shape index (κ3) is 4.20. The van der Waals surface area contributed by atoms with Crippen molar-refractivity contribution in [1.82, 2.24) is 15.3 Å². The smallest absolute Gasteiger partial charge is 0.325 e. The van der Waals surface area contributed by atoms with Crippen LogP contribution in [0.25, 0.3) is 0 Å². The van der Waals surface area contributed by atoms with Crippen molar-refractivity contribution in [2.75, 3.05) is 7.05 Å². The molecule has 106 valence electrons. The molecule has 1 heterocycles. The van der Waals surface area contributed by atoms with Gasteiger partial charge in [0, 0.05) is 18.8 Å². The Balaban J connectivity index is 2.11. The Morgan fingerprint density at radius 3 is 2.85 bits per heavy atom. The number of aromatic nitrogens is 2. The van der Waals surface area contributed by atoms with Gasteiger partial charge in [-0.3, -0.25) is 0 Å². The Bertz CT molecular complexity index is 558. The van der Waals surface area contributed by atoms with Gasteiger partial charge in [-0.1, -0.05) is 12.1 Å². The molecule has 1 N–H and O–H groups in total. The molecule has 0 aliphatic carbocycles. The predicted octanol–water partition coefficient (Wildman–Crippen LogP) is 2.78. The molecule has 0 radical (unpaired) electrons. The van der Waals surface area contributed by atoms with Gasteiger partial charge in [0.1, 0.15) is 5.75 Å². The molecule has 0 saturated carbocycles. The summed E-state index contributed by atoms with van der Waals surface area (Å²) in [6, 6.07) is 9.79. The third-order valence-electron chi connectivity index (χ3n) is 2.45. The molecule has 0 saturated heterocycles. The number of rotatable bonds is 6. The number of nitrogens with zero attached hydrogens (tertiary/aromatic N) is 2. The van der Waals surface area contributed by atoms with Gasteiger partial charge in [0.15, 0.2) is 0 Å². The molecule has 2 rings (SSSR count). The second kappa shape index (κ2) is 6.86. The van der Waals surface area contributed by atoms with Crippen molar-refractivity contribution < 1.29 is 9.47 Å². The first-order chi connectivity index (χ1) is 9.67. The summed E-state index contributed by atoms with van der Waals surface area (Å²) >= 11 is 0. The lowest BCUT2D eigenvalue weighted by Crippen LogP contribution is -2.07. The molecule has 1 aromatic carbocycles. The highest BCUT2D eigenvalue weighted by molar-refractivity contribution is 5.30. The fraction of sp³-hybridized carbons (Fsp3) is 0.333. The molecule has 0 atom stereocenters. The molecule has 1 aromatic heterocycles. The Labute approximate surface area is 119 Å². The van der Waals surface area contributed by atoms with Crippen molar-refractivity contribution in [3.05, 3.63) is 42.1 Å². The van der Waals surface area contributed by atoms with Gasteiger partial charge in [0.2, 0.25) is 5.88 Å². The first kappa shape index (κ1) is 14.3. The van der Waals surface area contributed by atoms with E-state index in [0.717, 1.165) is 12.1 Å². The number of hydrogen-bond donors (Lipinski definition) is 1. The Hall–Kier alpha value is -2.14. The number of hydrogen-bond acceptors (Lipinski definition) is 5. The fourth-order valence-electron chi connectivity index (χ4n) is 1.71. The van der Waals surface area contributed by atoms with Crippen molar-refractivity contribution in [2.24, 2.45) is 0 Å². The number of benzene rings is 1. The van der Waals surface area contributed by atoms with Gasteiger partial charge in [-0.05, 0) is 38.6 Å². The first-order valence-electron chi connectivity index (χ1n) is 6.58. The molecule has 5 heteroatoms. The number of nitrogens with one attached hydrogen (secondary N) is 1. The minimum atomic E-state index is 0.0664. The van der Waals surface area contributed by atoms with E-state index in [-0.39, 0.29) is 12.1 Å². The van der Waals surface area contributed by atoms with Crippen LogP contribution in [0.2, 0.25) is 0 Å². The Kier molecular flexibility index (Phi) is 4.90. The summed E-state index contributed by atoms with van der Waals surface area (Å²) in [5.74, 6) is 1.22. The maximum Gasteiger partial charge on any atom is 0.325 e. The monoisotopic (exact) mass is 273 g/mol. The van der Waals surface area contributed by atoms with Crippen LogP contribution < -0.4 is 14.8 Å². The van der Waals surface area contributed by atoms with Crippen LogP contribution in [0, 0.1) is 0 Å². The molecule has 2 aromatic rings. The van der Waals surface area contributed by atoms with Crippen LogP contribution in [-0.4, -0.2) is 23.1 Å². The molecule has 0 bridgehead atoms. The van der Waals surface area contributed by atoms with Gasteiger partial charge in [-0.15, -0.1) is 0 Å². The van der Waals surface area contributed by atoms with Gasteiger partial charge in [0.05, 0.1) is 6.10 Å². The summed E-state index contributed by atoms with van der Waals surface area (Å²) in [5.41, 5.74) is 1.14. The summed E-state index contributed by atoms with van der Waals surface area (Å²) in [4.78, 5) is 8.30. The Morgan fingerprint density at radius 1 is 1.25 bits per heavy atom. The summed E-state index contributed by atoms with van der Waals surface area (Å²) < 4.78 is 11.2. The van der Waals surface area contributed by atoms with Crippen LogP contribution in [0.3, 0.4) is 0 Å². The van der Waals surface area contributed by atoms with Gasteiger partial charge in [-0.2, -0.15) is 4.98 Å². The highest BCUT2D eigenvalue weighted by Gasteiger charge is 2.05. The molecule has 0 aliphatic rings. The van der Waals surface area contributed by atoms with Crippen LogP contribution in [0.1, 0.15) is 19.4 Å². The molecular formula is C15H19N3O2. The second-order valence-corrected chi connectivity index (χ2v) is 4.62. The summed E-state index contributed by atoms with van der Waals surface area (Å²) in [6.45, 7) is 4.68. The average Bonchev–Trinajstić information content (AvgIpc) is 2.39. The van der Waals surface area contributed by atoms with Crippen LogP contribution in [-0.2, 0) is 6.54 Å². The van der Waals surface area contributed by atoms with E-state index in [1.54, 1.807) is 12.3 Å². The van der Waals surface area contributed by atoms with E-state index in [9.17, 15) is 0 Å². The molecule has 0 spiro atoms. The van der Waals surface area contributed by atoms with Crippen LogP contribution >= 0.6 is 0 Å². The van der Waals surface area contributed by atoms with Crippen molar-refractivity contribution in [3.63, 3.8) is 0 Å². The maximum atomic E-state index is 5.66. The Morgan fingerprint density at radius 2 is 2.10 bits per heavy atom. The standard InChI is InChI=1S/C15H19N3O2/c1-11(2)19-14-7-8-17-15(18-14)20-13-6-4-5-12(9-13)10-16-3/h4-9,11,16H,10H2,1-3H3. The average molecular weight is 273 g/mol. The zero-order chi connectivity index (χ0) is 14.4. The SMILES string of the molecule is CNCc1cccc(Oc2nccc(OC(C)C)n2)c1. The molecule has 20 heavy (non-hydrogen) atoms.